The Hall–Kier alpha value is -4.81. The lowest BCUT2D eigenvalue weighted by molar-refractivity contribution is -0.385. The zero-order chi connectivity index (χ0) is 22.1. The first kappa shape index (κ1) is 19.2. The molecule has 2 aromatic carbocycles. The largest absolute Gasteiger partial charge is 0.454 e. The third-order valence-electron chi connectivity index (χ3n) is 4.61. The van der Waals surface area contributed by atoms with E-state index in [0.717, 1.165) is 11.3 Å². The first-order valence-corrected chi connectivity index (χ1v) is 9.28. The van der Waals surface area contributed by atoms with Crippen molar-refractivity contribution in [1.82, 2.24) is 20.3 Å². The first-order chi connectivity index (χ1) is 15.6. The van der Waals surface area contributed by atoms with Crippen LogP contribution in [0.25, 0.3) is 11.3 Å². The number of ether oxygens (including phenoxy) is 2. The van der Waals surface area contributed by atoms with Crippen LogP contribution in [0.3, 0.4) is 0 Å². The van der Waals surface area contributed by atoms with Crippen LogP contribution in [0.4, 0.5) is 23.0 Å². The van der Waals surface area contributed by atoms with E-state index in [4.69, 9.17) is 9.47 Å². The number of para-hydroxylation sites is 1. The normalized spacial score (nSPS) is 12.4. The smallest absolute Gasteiger partial charge is 0.282 e. The van der Waals surface area contributed by atoms with Crippen molar-refractivity contribution in [3.05, 3.63) is 57.6 Å². The predicted octanol–water partition coefficient (Wildman–Crippen LogP) is 3.15. The zero-order valence-corrected chi connectivity index (χ0v) is 16.5. The van der Waals surface area contributed by atoms with Gasteiger partial charge in [-0.25, -0.2) is 9.61 Å². The maximum Gasteiger partial charge on any atom is 0.282 e. The third kappa shape index (κ3) is 3.58. The second-order valence-electron chi connectivity index (χ2n) is 6.66. The van der Waals surface area contributed by atoms with Gasteiger partial charge in [0, 0.05) is 5.69 Å². The van der Waals surface area contributed by atoms with Crippen molar-refractivity contribution in [1.29, 1.82) is 0 Å². The van der Waals surface area contributed by atoms with Gasteiger partial charge in [-0.15, -0.1) is 0 Å². The molecule has 13 heteroatoms. The Morgan fingerprint density at radius 3 is 2.56 bits per heavy atom. The first-order valence-electron chi connectivity index (χ1n) is 9.28. The van der Waals surface area contributed by atoms with Crippen molar-refractivity contribution >= 4 is 40.5 Å². The van der Waals surface area contributed by atoms with Gasteiger partial charge < -0.3 is 14.8 Å². The summed E-state index contributed by atoms with van der Waals surface area (Å²) >= 11 is 0. The van der Waals surface area contributed by atoms with Gasteiger partial charge in [-0.2, -0.15) is 10.1 Å². The maximum absolute atomic E-state index is 11.4. The molecule has 0 amide bonds. The second-order valence-corrected chi connectivity index (χ2v) is 6.66. The summed E-state index contributed by atoms with van der Waals surface area (Å²) in [5.74, 6) is 1.24. The minimum absolute atomic E-state index is 0.000600. The summed E-state index contributed by atoms with van der Waals surface area (Å²) in [6.45, 7) is 1.94. The molecule has 0 atom stereocenters. The number of nitro groups is 1. The number of hydrazone groups is 1. The van der Waals surface area contributed by atoms with E-state index in [1.807, 2.05) is 31.2 Å². The van der Waals surface area contributed by atoms with Gasteiger partial charge >= 0.3 is 0 Å². The van der Waals surface area contributed by atoms with Crippen LogP contribution in [0, 0.1) is 17.0 Å². The van der Waals surface area contributed by atoms with Crippen molar-refractivity contribution in [3.8, 4) is 11.5 Å². The van der Waals surface area contributed by atoms with Crippen LogP contribution in [0.15, 0.2) is 46.1 Å². The van der Waals surface area contributed by atoms with Crippen molar-refractivity contribution in [2.45, 2.75) is 6.92 Å². The SMILES string of the molecule is Cc1ccccc1Nc1nc2nonc2nc1N/N=C\c1cc2c(cc1[N+](=O)[O-])OCO2. The zero-order valence-electron chi connectivity index (χ0n) is 16.5. The molecule has 0 saturated heterocycles. The number of nitrogens with one attached hydrogen (secondary N) is 2. The highest BCUT2D eigenvalue weighted by Crippen LogP contribution is 2.37. The molecule has 0 radical (unpaired) electrons. The van der Waals surface area contributed by atoms with Gasteiger partial charge in [-0.3, -0.25) is 15.5 Å². The van der Waals surface area contributed by atoms with E-state index in [1.165, 1.54) is 18.3 Å². The number of nitro benzene ring substituents is 1. The minimum atomic E-state index is -0.526. The summed E-state index contributed by atoms with van der Waals surface area (Å²) in [6, 6.07) is 10.4. The van der Waals surface area contributed by atoms with Crippen LogP contribution in [0.5, 0.6) is 11.5 Å². The molecule has 0 aliphatic carbocycles. The van der Waals surface area contributed by atoms with Gasteiger partial charge in [0.1, 0.15) is 0 Å². The molecule has 0 spiro atoms. The fraction of sp³-hybridized carbons (Fsp3) is 0.105. The Kier molecular flexibility index (Phi) is 4.67. The molecule has 5 rings (SSSR count). The molecule has 4 aromatic rings. The third-order valence-corrected chi connectivity index (χ3v) is 4.61. The number of hydrogen-bond acceptors (Lipinski definition) is 12. The lowest BCUT2D eigenvalue weighted by atomic mass is 10.1. The Morgan fingerprint density at radius 2 is 1.81 bits per heavy atom. The van der Waals surface area contributed by atoms with Gasteiger partial charge in [0.25, 0.3) is 5.69 Å². The van der Waals surface area contributed by atoms with Gasteiger partial charge in [-0.05, 0) is 34.9 Å². The molecule has 1 aliphatic heterocycles. The molecular formula is C19H14N8O5. The summed E-state index contributed by atoms with van der Waals surface area (Å²) in [7, 11) is 0. The number of nitrogens with zero attached hydrogens (tertiary/aromatic N) is 6. The van der Waals surface area contributed by atoms with Crippen LogP contribution in [0.1, 0.15) is 11.1 Å². The summed E-state index contributed by atoms with van der Waals surface area (Å²) in [5.41, 5.74) is 4.96. The lowest BCUT2D eigenvalue weighted by Gasteiger charge is -2.11. The molecule has 160 valence electrons. The maximum atomic E-state index is 11.4. The highest BCUT2D eigenvalue weighted by molar-refractivity contribution is 5.88. The molecule has 1 aliphatic rings. The van der Waals surface area contributed by atoms with Crippen molar-refractivity contribution < 1.29 is 19.0 Å². The van der Waals surface area contributed by atoms with Crippen LogP contribution < -0.4 is 20.2 Å². The number of anilines is 3. The van der Waals surface area contributed by atoms with E-state index in [9.17, 15) is 10.1 Å². The molecular weight excluding hydrogens is 420 g/mol. The highest BCUT2D eigenvalue weighted by atomic mass is 16.7. The topological polar surface area (TPSA) is 163 Å². The lowest BCUT2D eigenvalue weighted by Crippen LogP contribution is -2.04. The highest BCUT2D eigenvalue weighted by Gasteiger charge is 2.22. The molecule has 0 saturated carbocycles. The number of aryl methyl sites for hydroxylation is 1. The number of rotatable bonds is 6. The van der Waals surface area contributed by atoms with Crippen LogP contribution in [-0.2, 0) is 0 Å². The fourth-order valence-corrected chi connectivity index (χ4v) is 3.02. The molecule has 2 N–H and O–H groups in total. The number of fused-ring (bicyclic) bond motifs is 2. The molecule has 32 heavy (non-hydrogen) atoms. The predicted molar refractivity (Wildman–Crippen MR) is 112 cm³/mol. The molecule has 13 nitrogen and oxygen atoms in total. The summed E-state index contributed by atoms with van der Waals surface area (Å²) < 4.78 is 15.2. The standard InChI is InChI=1S/C19H14N8O5/c1-10-4-2-3-5-12(10)21-16-17(23-19-18(22-16)25-32-26-19)24-20-8-11-6-14-15(31-9-30-14)7-13(11)27(28)29/h2-8H,9H2,1H3,(H,21,22,25)(H,23,24,26)/b20-8-. The number of benzene rings is 2. The van der Waals surface area contributed by atoms with Crippen LogP contribution in [-0.4, -0.2) is 38.2 Å². The monoisotopic (exact) mass is 434 g/mol. The molecule has 0 unspecified atom stereocenters. The summed E-state index contributed by atoms with van der Waals surface area (Å²) in [6.07, 6.45) is 1.28. The van der Waals surface area contributed by atoms with Gasteiger partial charge in [0.05, 0.1) is 22.8 Å². The van der Waals surface area contributed by atoms with Crippen molar-refractivity contribution in [2.75, 3.05) is 17.5 Å². The Balaban J connectivity index is 1.47. The van der Waals surface area contributed by atoms with Crippen molar-refractivity contribution in [3.63, 3.8) is 0 Å². The Labute approximate surface area is 179 Å². The van der Waals surface area contributed by atoms with Gasteiger partial charge in [-0.1, -0.05) is 18.2 Å². The molecule has 3 heterocycles. The Morgan fingerprint density at radius 1 is 1.09 bits per heavy atom. The fourth-order valence-electron chi connectivity index (χ4n) is 3.02. The van der Waals surface area contributed by atoms with E-state index < -0.39 is 4.92 Å². The van der Waals surface area contributed by atoms with Crippen LogP contribution in [0.2, 0.25) is 0 Å². The van der Waals surface area contributed by atoms with Crippen LogP contribution >= 0.6 is 0 Å². The Bertz CT molecular complexity index is 1370. The number of hydrogen-bond donors (Lipinski definition) is 2. The average molecular weight is 434 g/mol. The van der Waals surface area contributed by atoms with E-state index in [0.29, 0.717) is 17.3 Å². The average Bonchev–Trinajstić information content (AvgIpc) is 3.43. The van der Waals surface area contributed by atoms with Crippen molar-refractivity contribution in [2.24, 2.45) is 5.10 Å². The van der Waals surface area contributed by atoms with E-state index in [2.05, 4.69) is 40.8 Å². The van der Waals surface area contributed by atoms with Gasteiger partial charge in [0.15, 0.2) is 23.1 Å². The molecule has 0 fully saturated rings. The molecule has 0 bridgehead atoms. The second kappa shape index (κ2) is 7.79. The number of aromatic nitrogens is 4. The minimum Gasteiger partial charge on any atom is -0.454 e. The molecule has 2 aromatic heterocycles. The summed E-state index contributed by atoms with van der Waals surface area (Å²) in [5, 5.41) is 26.1. The summed E-state index contributed by atoms with van der Waals surface area (Å²) in [4.78, 5) is 19.6. The van der Waals surface area contributed by atoms with Gasteiger partial charge in [0.2, 0.25) is 18.1 Å². The quantitative estimate of drug-likeness (QED) is 0.260. The van der Waals surface area contributed by atoms with E-state index >= 15 is 0 Å². The van der Waals surface area contributed by atoms with E-state index in [1.54, 1.807) is 0 Å². The van der Waals surface area contributed by atoms with E-state index in [-0.39, 0.29) is 35.2 Å².